The summed E-state index contributed by atoms with van der Waals surface area (Å²) in [6.45, 7) is 1.12. The molecule has 2 aromatic carbocycles. The fourth-order valence-electron chi connectivity index (χ4n) is 3.51. The number of hydrogen-bond donors (Lipinski definition) is 0. The number of amides is 2. The lowest BCUT2D eigenvalue weighted by molar-refractivity contribution is -0.136. The third kappa shape index (κ3) is 4.77. The number of halogens is 2. The van der Waals surface area contributed by atoms with Crippen LogP contribution in [0.15, 0.2) is 42.5 Å². The van der Waals surface area contributed by atoms with Crippen molar-refractivity contribution in [2.75, 3.05) is 20.1 Å². The van der Waals surface area contributed by atoms with Gasteiger partial charge in [-0.15, -0.1) is 0 Å². The highest BCUT2D eigenvalue weighted by atomic mass is 19.1. The third-order valence-electron chi connectivity index (χ3n) is 5.17. The quantitative estimate of drug-likeness (QED) is 0.795. The number of carbonyl (C=O) groups excluding carboxylic acids is 2. The van der Waals surface area contributed by atoms with E-state index in [1.165, 1.54) is 4.90 Å². The maximum absolute atomic E-state index is 13.9. The molecule has 1 heterocycles. The summed E-state index contributed by atoms with van der Waals surface area (Å²) < 4.78 is 26.9. The Labute approximate surface area is 168 Å². The molecular weight excluding hydrogens is 376 g/mol. The highest BCUT2D eigenvalue weighted by Gasteiger charge is 2.30. The zero-order valence-corrected chi connectivity index (χ0v) is 16.1. The molecule has 7 heteroatoms. The molecular formula is C22H21F2N3O2. The molecule has 1 saturated heterocycles. The van der Waals surface area contributed by atoms with E-state index in [1.807, 2.05) is 12.1 Å². The predicted octanol–water partition coefficient (Wildman–Crippen LogP) is 3.35. The van der Waals surface area contributed by atoms with Crippen molar-refractivity contribution in [1.82, 2.24) is 9.80 Å². The highest BCUT2D eigenvalue weighted by Crippen LogP contribution is 2.22. The van der Waals surface area contributed by atoms with Crippen LogP contribution in [-0.4, -0.2) is 41.8 Å². The second-order valence-corrected chi connectivity index (χ2v) is 7.19. The molecule has 0 aliphatic carbocycles. The summed E-state index contributed by atoms with van der Waals surface area (Å²) in [5.74, 6) is -2.31. The minimum absolute atomic E-state index is 0.00517. The normalized spacial score (nSPS) is 14.3. The monoisotopic (exact) mass is 397 g/mol. The Bertz CT molecular complexity index is 946. The molecule has 150 valence electrons. The Hall–Kier alpha value is -3.27. The van der Waals surface area contributed by atoms with E-state index in [2.05, 4.69) is 6.07 Å². The van der Waals surface area contributed by atoms with E-state index in [0.717, 1.165) is 17.7 Å². The number of piperidine rings is 1. The lowest BCUT2D eigenvalue weighted by Gasteiger charge is -2.33. The smallest absolute Gasteiger partial charge is 0.256 e. The van der Waals surface area contributed by atoms with Crippen LogP contribution < -0.4 is 0 Å². The molecule has 0 aromatic heterocycles. The minimum atomic E-state index is -0.879. The fourth-order valence-corrected chi connectivity index (χ4v) is 3.51. The van der Waals surface area contributed by atoms with Gasteiger partial charge >= 0.3 is 0 Å². The average molecular weight is 397 g/mol. The fraction of sp³-hybridized carbons (Fsp3) is 0.318. The van der Waals surface area contributed by atoms with E-state index >= 15 is 0 Å². The lowest BCUT2D eigenvalue weighted by atomic mass is 9.94. The van der Waals surface area contributed by atoms with E-state index in [9.17, 15) is 18.4 Å². The SMILES string of the molecule is CN(Cc1ccc(C#N)cc1)C(=O)C1CCN(C(=O)c2ccc(F)cc2F)CC1. The van der Waals surface area contributed by atoms with Gasteiger partial charge in [0.25, 0.3) is 5.91 Å². The molecule has 2 aromatic rings. The molecule has 5 nitrogen and oxygen atoms in total. The second-order valence-electron chi connectivity index (χ2n) is 7.19. The van der Waals surface area contributed by atoms with Gasteiger partial charge in [-0.2, -0.15) is 5.26 Å². The summed E-state index contributed by atoms with van der Waals surface area (Å²) >= 11 is 0. The van der Waals surface area contributed by atoms with Gasteiger partial charge in [-0.25, -0.2) is 8.78 Å². The van der Waals surface area contributed by atoms with Crippen LogP contribution in [0.4, 0.5) is 8.78 Å². The number of benzene rings is 2. The van der Waals surface area contributed by atoms with Crippen LogP contribution in [-0.2, 0) is 11.3 Å². The van der Waals surface area contributed by atoms with Gasteiger partial charge in [-0.1, -0.05) is 12.1 Å². The van der Waals surface area contributed by atoms with Crippen molar-refractivity contribution >= 4 is 11.8 Å². The van der Waals surface area contributed by atoms with E-state index in [1.54, 1.807) is 24.1 Å². The number of hydrogen-bond acceptors (Lipinski definition) is 3. The Kier molecular flexibility index (Phi) is 6.23. The Balaban J connectivity index is 1.55. The first-order valence-electron chi connectivity index (χ1n) is 9.37. The summed E-state index contributed by atoms with van der Waals surface area (Å²) in [7, 11) is 1.73. The molecule has 2 amide bonds. The summed E-state index contributed by atoms with van der Waals surface area (Å²) in [6, 6.07) is 12.0. The Morgan fingerprint density at radius 1 is 1.14 bits per heavy atom. The van der Waals surface area contributed by atoms with E-state index in [-0.39, 0.29) is 17.4 Å². The molecule has 0 atom stereocenters. The number of nitriles is 1. The summed E-state index contributed by atoms with van der Waals surface area (Å²) in [4.78, 5) is 28.4. The first kappa shape index (κ1) is 20.5. The first-order valence-corrected chi connectivity index (χ1v) is 9.37. The largest absolute Gasteiger partial charge is 0.341 e. The molecule has 1 aliphatic heterocycles. The van der Waals surface area contributed by atoms with Gasteiger partial charge in [0.15, 0.2) is 0 Å². The molecule has 0 bridgehead atoms. The van der Waals surface area contributed by atoms with Gasteiger partial charge < -0.3 is 9.80 Å². The first-order chi connectivity index (χ1) is 13.9. The van der Waals surface area contributed by atoms with Crippen molar-refractivity contribution in [3.8, 4) is 6.07 Å². The van der Waals surface area contributed by atoms with Crippen molar-refractivity contribution in [2.45, 2.75) is 19.4 Å². The van der Waals surface area contributed by atoms with Gasteiger partial charge in [0.1, 0.15) is 11.6 Å². The van der Waals surface area contributed by atoms with Crippen LogP contribution in [0.1, 0.15) is 34.3 Å². The molecule has 0 unspecified atom stereocenters. The molecule has 29 heavy (non-hydrogen) atoms. The number of nitrogens with zero attached hydrogens (tertiary/aromatic N) is 3. The predicted molar refractivity (Wildman–Crippen MR) is 103 cm³/mol. The Morgan fingerprint density at radius 2 is 1.79 bits per heavy atom. The topological polar surface area (TPSA) is 64.4 Å². The molecule has 3 rings (SSSR count). The molecule has 1 aliphatic rings. The van der Waals surface area contributed by atoms with Crippen LogP contribution in [0.25, 0.3) is 0 Å². The van der Waals surface area contributed by atoms with Crippen LogP contribution in [0.5, 0.6) is 0 Å². The van der Waals surface area contributed by atoms with Gasteiger partial charge in [0, 0.05) is 38.7 Å². The van der Waals surface area contributed by atoms with Gasteiger partial charge in [0.2, 0.25) is 5.91 Å². The van der Waals surface area contributed by atoms with E-state index < -0.39 is 17.5 Å². The van der Waals surface area contributed by atoms with Crippen LogP contribution in [0.2, 0.25) is 0 Å². The molecule has 1 fully saturated rings. The van der Waals surface area contributed by atoms with Crippen molar-refractivity contribution in [3.05, 3.63) is 70.8 Å². The molecule has 0 radical (unpaired) electrons. The number of likely N-dealkylation sites (tertiary alicyclic amines) is 1. The third-order valence-corrected chi connectivity index (χ3v) is 5.17. The van der Waals surface area contributed by atoms with Crippen molar-refractivity contribution in [3.63, 3.8) is 0 Å². The highest BCUT2D eigenvalue weighted by molar-refractivity contribution is 5.94. The number of carbonyl (C=O) groups is 2. The molecule has 0 saturated carbocycles. The summed E-state index contributed by atoms with van der Waals surface area (Å²) in [5.41, 5.74) is 1.34. The van der Waals surface area contributed by atoms with Crippen molar-refractivity contribution in [2.24, 2.45) is 5.92 Å². The minimum Gasteiger partial charge on any atom is -0.341 e. The van der Waals surface area contributed by atoms with Gasteiger partial charge in [-0.3, -0.25) is 9.59 Å². The zero-order valence-electron chi connectivity index (χ0n) is 16.1. The second kappa shape index (κ2) is 8.82. The standard InChI is InChI=1S/C22H21F2N3O2/c1-26(14-16-4-2-15(13-25)3-5-16)21(28)17-8-10-27(11-9-17)22(29)19-7-6-18(23)12-20(19)24/h2-7,12,17H,8-11,14H2,1H3. The summed E-state index contributed by atoms with van der Waals surface area (Å²) in [6.07, 6.45) is 0.982. The molecule has 0 N–H and O–H groups in total. The maximum atomic E-state index is 13.9. The van der Waals surface area contributed by atoms with Crippen LogP contribution in [0, 0.1) is 28.9 Å². The number of rotatable bonds is 4. The average Bonchev–Trinajstić information content (AvgIpc) is 2.73. The van der Waals surface area contributed by atoms with Crippen LogP contribution in [0.3, 0.4) is 0 Å². The van der Waals surface area contributed by atoms with E-state index in [4.69, 9.17) is 5.26 Å². The van der Waals surface area contributed by atoms with Gasteiger partial charge in [0.05, 0.1) is 17.2 Å². The van der Waals surface area contributed by atoms with Crippen LogP contribution >= 0.6 is 0 Å². The van der Waals surface area contributed by atoms with Crippen molar-refractivity contribution < 1.29 is 18.4 Å². The molecule has 0 spiro atoms. The lowest BCUT2D eigenvalue weighted by Crippen LogP contribution is -2.43. The van der Waals surface area contributed by atoms with Gasteiger partial charge in [-0.05, 0) is 42.7 Å². The van der Waals surface area contributed by atoms with E-state index in [0.29, 0.717) is 44.1 Å². The Morgan fingerprint density at radius 3 is 2.38 bits per heavy atom. The summed E-state index contributed by atoms with van der Waals surface area (Å²) in [5, 5.41) is 8.85. The van der Waals surface area contributed by atoms with Crippen molar-refractivity contribution in [1.29, 1.82) is 5.26 Å². The zero-order chi connectivity index (χ0) is 21.0. The maximum Gasteiger partial charge on any atom is 0.256 e.